The van der Waals surface area contributed by atoms with Crippen LogP contribution in [-0.2, 0) is 16.1 Å². The Balaban J connectivity index is 1.55. The zero-order valence-electron chi connectivity index (χ0n) is 23.3. The van der Waals surface area contributed by atoms with Crippen LogP contribution in [0.5, 0.6) is 5.75 Å². The normalized spacial score (nSPS) is 14.9. The van der Waals surface area contributed by atoms with Gasteiger partial charge in [0.25, 0.3) is 5.56 Å². The van der Waals surface area contributed by atoms with Gasteiger partial charge in [-0.25, -0.2) is 9.79 Å². The molecule has 1 unspecified atom stereocenters. The summed E-state index contributed by atoms with van der Waals surface area (Å²) in [6, 6.07) is 21.4. The second kappa shape index (κ2) is 13.6. The summed E-state index contributed by atoms with van der Waals surface area (Å²) in [5, 5.41) is 0.828. The lowest BCUT2D eigenvalue weighted by atomic mass is 9.96. The summed E-state index contributed by atoms with van der Waals surface area (Å²) in [6.07, 6.45) is 4.95. The number of carbonyl (C=O) groups is 1. The van der Waals surface area contributed by atoms with E-state index in [0.29, 0.717) is 37.3 Å². The molecule has 5 rings (SSSR count). The molecule has 0 spiro atoms. The fourth-order valence-corrected chi connectivity index (χ4v) is 6.09. The van der Waals surface area contributed by atoms with Gasteiger partial charge in [-0.3, -0.25) is 9.36 Å². The number of carbonyl (C=O) groups excluding carboxylic acids is 1. The zero-order valence-corrected chi connectivity index (χ0v) is 25.6. The number of esters is 1. The number of rotatable bonds is 10. The van der Waals surface area contributed by atoms with Crippen molar-refractivity contribution >= 4 is 46.6 Å². The van der Waals surface area contributed by atoms with E-state index in [1.54, 1.807) is 35.8 Å². The predicted molar refractivity (Wildman–Crippen MR) is 168 cm³/mol. The minimum Gasteiger partial charge on any atom is -0.494 e. The monoisotopic (exact) mass is 620 g/mol. The van der Waals surface area contributed by atoms with Crippen LogP contribution in [0.4, 0.5) is 0 Å². The average molecular weight is 622 g/mol. The number of ether oxygens (including phenoxy) is 2. The molecular formula is C33H30Cl2N2O4S. The molecule has 0 amide bonds. The van der Waals surface area contributed by atoms with Crippen LogP contribution in [-0.4, -0.2) is 17.1 Å². The first-order chi connectivity index (χ1) is 20.4. The maximum Gasteiger partial charge on any atom is 0.338 e. The Morgan fingerprint density at radius 3 is 2.50 bits per heavy atom. The highest BCUT2D eigenvalue weighted by atomic mass is 35.5. The van der Waals surface area contributed by atoms with Crippen LogP contribution >= 0.6 is 34.5 Å². The molecule has 42 heavy (non-hydrogen) atoms. The minimum absolute atomic E-state index is 0.107. The maximum absolute atomic E-state index is 13.9. The largest absolute Gasteiger partial charge is 0.494 e. The third kappa shape index (κ3) is 6.70. The van der Waals surface area contributed by atoms with E-state index in [1.807, 2.05) is 54.6 Å². The molecule has 6 nitrogen and oxygen atoms in total. The molecule has 3 aromatic carbocycles. The van der Waals surface area contributed by atoms with Gasteiger partial charge in [0.15, 0.2) is 4.80 Å². The third-order valence-corrected chi connectivity index (χ3v) is 8.63. The molecule has 0 bridgehead atoms. The highest BCUT2D eigenvalue weighted by molar-refractivity contribution is 7.07. The van der Waals surface area contributed by atoms with E-state index in [0.717, 1.165) is 41.7 Å². The van der Waals surface area contributed by atoms with E-state index in [1.165, 1.54) is 11.3 Å². The maximum atomic E-state index is 13.9. The van der Waals surface area contributed by atoms with Gasteiger partial charge < -0.3 is 9.47 Å². The van der Waals surface area contributed by atoms with Crippen LogP contribution in [0.3, 0.4) is 0 Å². The van der Waals surface area contributed by atoms with Crippen molar-refractivity contribution in [3.63, 3.8) is 0 Å². The van der Waals surface area contributed by atoms with E-state index in [4.69, 9.17) is 32.7 Å². The number of allylic oxidation sites excluding steroid dienone is 1. The van der Waals surface area contributed by atoms with Gasteiger partial charge >= 0.3 is 5.97 Å². The Bertz CT molecular complexity index is 1790. The van der Waals surface area contributed by atoms with Crippen molar-refractivity contribution in [1.29, 1.82) is 0 Å². The summed E-state index contributed by atoms with van der Waals surface area (Å²) in [5.41, 5.74) is 2.89. The fraction of sp³-hybridized carbons (Fsp3) is 0.242. The molecular weight excluding hydrogens is 591 g/mol. The minimum atomic E-state index is -0.727. The molecule has 2 heterocycles. The fourth-order valence-electron chi connectivity index (χ4n) is 4.74. The smallest absolute Gasteiger partial charge is 0.338 e. The van der Waals surface area contributed by atoms with Crippen LogP contribution in [0.15, 0.2) is 93.9 Å². The van der Waals surface area contributed by atoms with Crippen molar-refractivity contribution in [3.05, 3.63) is 130 Å². The van der Waals surface area contributed by atoms with Gasteiger partial charge in [-0.15, -0.1) is 0 Å². The van der Waals surface area contributed by atoms with Crippen molar-refractivity contribution in [1.82, 2.24) is 4.57 Å². The van der Waals surface area contributed by atoms with Crippen LogP contribution in [0, 0.1) is 0 Å². The second-order valence-corrected chi connectivity index (χ2v) is 11.8. The van der Waals surface area contributed by atoms with Gasteiger partial charge in [-0.2, -0.15) is 0 Å². The first kappa shape index (κ1) is 29.8. The summed E-state index contributed by atoms with van der Waals surface area (Å²) in [6.45, 7) is 4.66. The summed E-state index contributed by atoms with van der Waals surface area (Å²) in [7, 11) is 0. The molecule has 9 heteroatoms. The highest BCUT2D eigenvalue weighted by Crippen LogP contribution is 2.32. The Morgan fingerprint density at radius 1 is 1.02 bits per heavy atom. The number of halogens is 2. The highest BCUT2D eigenvalue weighted by Gasteiger charge is 2.33. The molecule has 0 radical (unpaired) electrons. The summed E-state index contributed by atoms with van der Waals surface area (Å²) < 4.78 is 13.7. The van der Waals surface area contributed by atoms with Gasteiger partial charge in [0.1, 0.15) is 12.4 Å². The lowest BCUT2D eigenvalue weighted by Crippen LogP contribution is -2.39. The number of nitrogens with zero attached hydrogens (tertiary/aromatic N) is 2. The Morgan fingerprint density at radius 2 is 1.79 bits per heavy atom. The molecule has 0 N–H and O–H groups in total. The summed E-state index contributed by atoms with van der Waals surface area (Å²) in [4.78, 5) is 32.7. The Labute approximate surface area is 258 Å². The van der Waals surface area contributed by atoms with Crippen LogP contribution < -0.4 is 19.6 Å². The van der Waals surface area contributed by atoms with Gasteiger partial charge in [0.2, 0.25) is 0 Å². The number of fused-ring (bicyclic) bond motifs is 1. The standard InChI is InChI=1S/C33H30Cl2N2O4S/c1-3-4-8-17-40-25-14-12-24(13-15-25)30-29(32(39)41-20-22-9-6-5-7-10-22)21(2)36-33-37(30)31(38)28(42-33)19-23-11-16-26(34)27(35)18-23/h5-7,9-16,18-19,30H,3-4,8,17,20H2,1-2H3. The first-order valence-corrected chi connectivity index (χ1v) is 15.3. The number of thiazole rings is 1. The van der Waals surface area contributed by atoms with Gasteiger partial charge in [0, 0.05) is 0 Å². The quantitative estimate of drug-likeness (QED) is 0.143. The molecule has 216 valence electrons. The SMILES string of the molecule is CCCCCOc1ccc(C2C(C(=O)OCc3ccccc3)=C(C)N=c3sc(=Cc4ccc(Cl)c(Cl)c4)c(=O)n32)cc1. The second-order valence-electron chi connectivity index (χ2n) is 9.94. The van der Waals surface area contributed by atoms with Crippen molar-refractivity contribution in [3.8, 4) is 5.75 Å². The van der Waals surface area contributed by atoms with Crippen molar-refractivity contribution < 1.29 is 14.3 Å². The molecule has 0 saturated carbocycles. The first-order valence-electron chi connectivity index (χ1n) is 13.8. The van der Waals surface area contributed by atoms with Gasteiger partial charge in [-0.1, -0.05) is 103 Å². The van der Waals surface area contributed by atoms with E-state index in [2.05, 4.69) is 11.9 Å². The molecule has 1 aromatic heterocycles. The van der Waals surface area contributed by atoms with Crippen molar-refractivity contribution in [2.45, 2.75) is 45.8 Å². The average Bonchev–Trinajstić information content (AvgIpc) is 3.30. The van der Waals surface area contributed by atoms with Crippen LogP contribution in [0.1, 0.15) is 55.8 Å². The topological polar surface area (TPSA) is 69.9 Å². The van der Waals surface area contributed by atoms with E-state index in [9.17, 15) is 9.59 Å². The summed E-state index contributed by atoms with van der Waals surface area (Å²) >= 11 is 13.5. The van der Waals surface area contributed by atoms with E-state index >= 15 is 0 Å². The molecule has 0 fully saturated rings. The van der Waals surface area contributed by atoms with Gasteiger partial charge in [0.05, 0.1) is 38.5 Å². The number of hydrogen-bond acceptors (Lipinski definition) is 6. The van der Waals surface area contributed by atoms with Gasteiger partial charge in [-0.05, 0) is 60.4 Å². The molecule has 1 atom stereocenters. The zero-order chi connectivity index (χ0) is 29.6. The lowest BCUT2D eigenvalue weighted by molar-refractivity contribution is -0.140. The molecule has 4 aromatic rings. The van der Waals surface area contributed by atoms with Crippen LogP contribution in [0.2, 0.25) is 10.0 Å². The Kier molecular flexibility index (Phi) is 9.62. The Hall–Kier alpha value is -3.65. The number of hydrogen-bond donors (Lipinski definition) is 0. The van der Waals surface area contributed by atoms with E-state index < -0.39 is 12.0 Å². The van der Waals surface area contributed by atoms with Crippen molar-refractivity contribution in [2.75, 3.05) is 6.61 Å². The number of unbranched alkanes of at least 4 members (excludes halogenated alkanes) is 2. The van der Waals surface area contributed by atoms with E-state index in [-0.39, 0.29) is 12.2 Å². The lowest BCUT2D eigenvalue weighted by Gasteiger charge is -2.25. The number of benzene rings is 3. The number of aromatic nitrogens is 1. The molecule has 0 aliphatic carbocycles. The summed E-state index contributed by atoms with van der Waals surface area (Å²) in [5.74, 6) is 0.208. The predicted octanol–water partition coefficient (Wildman–Crippen LogP) is 6.85. The third-order valence-electron chi connectivity index (χ3n) is 6.91. The molecule has 0 saturated heterocycles. The van der Waals surface area contributed by atoms with Crippen LogP contribution in [0.25, 0.3) is 6.08 Å². The molecule has 1 aliphatic rings. The van der Waals surface area contributed by atoms with Crippen molar-refractivity contribution in [2.24, 2.45) is 4.99 Å². The molecule has 1 aliphatic heterocycles.